The number of rotatable bonds is 6. The molecule has 1 aromatic rings. The van der Waals surface area contributed by atoms with Crippen LogP contribution in [0.4, 0.5) is 0 Å². The quantitative estimate of drug-likeness (QED) is 0.824. The molecule has 0 bridgehead atoms. The number of nitrogens with one attached hydrogen (secondary N) is 1. The van der Waals surface area contributed by atoms with E-state index in [1.54, 1.807) is 13.1 Å². The molecule has 1 aliphatic rings. The van der Waals surface area contributed by atoms with Crippen molar-refractivity contribution in [2.24, 2.45) is 0 Å². The molecule has 5 nitrogen and oxygen atoms in total. The molecular weight excluding hydrogens is 242 g/mol. The average Bonchev–Trinajstić information content (AvgIpc) is 3.15. The Labute approximate surface area is 114 Å². The number of aliphatic hydroxyl groups excluding tert-OH is 1. The second-order valence-electron chi connectivity index (χ2n) is 5.48. The van der Waals surface area contributed by atoms with E-state index in [2.05, 4.69) is 24.3 Å². The van der Waals surface area contributed by atoms with Crippen molar-refractivity contribution in [3.63, 3.8) is 0 Å². The molecule has 1 amide bonds. The van der Waals surface area contributed by atoms with Crippen molar-refractivity contribution in [2.45, 2.75) is 58.0 Å². The van der Waals surface area contributed by atoms with Crippen LogP contribution >= 0.6 is 0 Å². The zero-order valence-corrected chi connectivity index (χ0v) is 11.9. The zero-order valence-electron chi connectivity index (χ0n) is 11.9. The van der Waals surface area contributed by atoms with Gasteiger partial charge in [0, 0.05) is 18.0 Å². The van der Waals surface area contributed by atoms with Crippen LogP contribution in [0, 0.1) is 0 Å². The molecule has 0 aromatic carbocycles. The fraction of sp³-hybridized carbons (Fsp3) is 0.714. The number of hydrogen-bond donors (Lipinski definition) is 2. The van der Waals surface area contributed by atoms with Crippen molar-refractivity contribution in [2.75, 3.05) is 6.61 Å². The molecule has 0 radical (unpaired) electrons. The molecule has 1 aliphatic carbocycles. The van der Waals surface area contributed by atoms with Crippen LogP contribution < -0.4 is 5.32 Å². The van der Waals surface area contributed by atoms with Crippen LogP contribution in [0.5, 0.6) is 0 Å². The Hall–Kier alpha value is -1.36. The first-order chi connectivity index (χ1) is 9.08. The molecule has 0 saturated heterocycles. The van der Waals surface area contributed by atoms with Gasteiger partial charge in [-0.3, -0.25) is 9.48 Å². The van der Waals surface area contributed by atoms with Gasteiger partial charge in [-0.1, -0.05) is 6.92 Å². The van der Waals surface area contributed by atoms with E-state index in [-0.39, 0.29) is 18.6 Å². The molecule has 1 saturated carbocycles. The van der Waals surface area contributed by atoms with E-state index >= 15 is 0 Å². The molecule has 2 rings (SSSR count). The van der Waals surface area contributed by atoms with Gasteiger partial charge in [-0.05, 0) is 33.1 Å². The highest BCUT2D eigenvalue weighted by atomic mass is 16.3. The molecule has 2 N–H and O–H groups in total. The third-order valence-corrected chi connectivity index (χ3v) is 3.70. The largest absolute Gasteiger partial charge is 0.394 e. The maximum absolute atomic E-state index is 12.2. The van der Waals surface area contributed by atoms with Crippen molar-refractivity contribution in [3.05, 3.63) is 17.5 Å². The van der Waals surface area contributed by atoms with Crippen LogP contribution in [0.2, 0.25) is 0 Å². The Balaban J connectivity index is 2.25. The van der Waals surface area contributed by atoms with Crippen molar-refractivity contribution < 1.29 is 9.90 Å². The minimum Gasteiger partial charge on any atom is -0.394 e. The lowest BCUT2D eigenvalue weighted by Crippen LogP contribution is -2.35. The SMILES string of the molecule is CCC(C)n1ncc(C(=O)NC(C)CO)c1C1CC1. The number of carbonyl (C=O) groups excluding carboxylic acids is 1. The molecule has 0 spiro atoms. The molecule has 0 aliphatic heterocycles. The van der Waals surface area contributed by atoms with Crippen molar-refractivity contribution in [3.8, 4) is 0 Å². The number of aromatic nitrogens is 2. The van der Waals surface area contributed by atoms with Crippen LogP contribution in [-0.2, 0) is 0 Å². The van der Waals surface area contributed by atoms with E-state index in [9.17, 15) is 4.79 Å². The highest BCUT2D eigenvalue weighted by molar-refractivity contribution is 5.95. The molecule has 19 heavy (non-hydrogen) atoms. The van der Waals surface area contributed by atoms with E-state index in [1.165, 1.54) is 0 Å². The van der Waals surface area contributed by atoms with Crippen LogP contribution in [0.15, 0.2) is 6.20 Å². The second kappa shape index (κ2) is 5.74. The summed E-state index contributed by atoms with van der Waals surface area (Å²) in [5.74, 6) is 0.347. The highest BCUT2D eigenvalue weighted by Crippen LogP contribution is 2.42. The lowest BCUT2D eigenvalue weighted by Gasteiger charge is -2.15. The fourth-order valence-electron chi connectivity index (χ4n) is 2.18. The summed E-state index contributed by atoms with van der Waals surface area (Å²) < 4.78 is 2.00. The molecule has 1 aromatic heterocycles. The number of aliphatic hydroxyl groups is 1. The van der Waals surface area contributed by atoms with Crippen molar-refractivity contribution in [1.29, 1.82) is 0 Å². The monoisotopic (exact) mass is 265 g/mol. The Kier molecular flexibility index (Phi) is 4.24. The minimum absolute atomic E-state index is 0.0516. The Morgan fingerprint density at radius 3 is 2.79 bits per heavy atom. The summed E-state index contributed by atoms with van der Waals surface area (Å²) in [6.07, 6.45) is 4.94. The standard InChI is InChI=1S/C14H23N3O2/c1-4-10(3)17-13(11-5-6-11)12(7-15-17)14(19)16-9(2)8-18/h7,9-11,18H,4-6,8H2,1-3H3,(H,16,19). The van der Waals surface area contributed by atoms with Gasteiger partial charge in [0.2, 0.25) is 0 Å². The molecular formula is C14H23N3O2. The Morgan fingerprint density at radius 1 is 1.58 bits per heavy atom. The maximum atomic E-state index is 12.2. The van der Waals surface area contributed by atoms with Crippen molar-refractivity contribution >= 4 is 5.91 Å². The van der Waals surface area contributed by atoms with E-state index in [4.69, 9.17) is 5.11 Å². The smallest absolute Gasteiger partial charge is 0.255 e. The van der Waals surface area contributed by atoms with E-state index in [0.717, 1.165) is 25.0 Å². The first-order valence-corrected chi connectivity index (χ1v) is 7.07. The first-order valence-electron chi connectivity index (χ1n) is 7.07. The van der Waals surface area contributed by atoms with Gasteiger partial charge >= 0.3 is 0 Å². The molecule has 2 atom stereocenters. The second-order valence-corrected chi connectivity index (χ2v) is 5.48. The van der Waals surface area contributed by atoms with Crippen molar-refractivity contribution in [1.82, 2.24) is 15.1 Å². The summed E-state index contributed by atoms with van der Waals surface area (Å²) in [5.41, 5.74) is 1.74. The van der Waals surface area contributed by atoms with Gasteiger partial charge in [-0.15, -0.1) is 0 Å². The maximum Gasteiger partial charge on any atom is 0.255 e. The van der Waals surface area contributed by atoms with E-state index < -0.39 is 0 Å². The van der Waals surface area contributed by atoms with Gasteiger partial charge in [-0.25, -0.2) is 0 Å². The summed E-state index contributed by atoms with van der Waals surface area (Å²) >= 11 is 0. The first kappa shape index (κ1) is 14.1. The lowest BCUT2D eigenvalue weighted by atomic mass is 10.1. The fourth-order valence-corrected chi connectivity index (χ4v) is 2.18. The summed E-state index contributed by atoms with van der Waals surface area (Å²) in [5, 5.41) is 16.2. The third kappa shape index (κ3) is 2.97. The summed E-state index contributed by atoms with van der Waals surface area (Å²) in [6, 6.07) is 0.0823. The van der Waals surface area contributed by atoms with Gasteiger partial charge in [0.15, 0.2) is 0 Å². The van der Waals surface area contributed by atoms with Gasteiger partial charge in [0.1, 0.15) is 0 Å². The Bertz CT molecular complexity index is 452. The zero-order chi connectivity index (χ0) is 14.0. The Morgan fingerprint density at radius 2 is 2.26 bits per heavy atom. The van der Waals surface area contributed by atoms with Gasteiger partial charge in [-0.2, -0.15) is 5.10 Å². The lowest BCUT2D eigenvalue weighted by molar-refractivity contribution is 0.0921. The number of hydrogen-bond acceptors (Lipinski definition) is 3. The topological polar surface area (TPSA) is 67.2 Å². The number of nitrogens with zero attached hydrogens (tertiary/aromatic N) is 2. The van der Waals surface area contributed by atoms with Crippen LogP contribution in [0.1, 0.15) is 68.0 Å². The third-order valence-electron chi connectivity index (χ3n) is 3.70. The molecule has 1 heterocycles. The minimum atomic E-state index is -0.230. The normalized spacial score (nSPS) is 18.1. The molecule has 106 valence electrons. The number of amides is 1. The number of carbonyl (C=O) groups is 1. The van der Waals surface area contributed by atoms with Gasteiger partial charge in [0.25, 0.3) is 5.91 Å². The molecule has 2 unspecified atom stereocenters. The van der Waals surface area contributed by atoms with Crippen LogP contribution in [-0.4, -0.2) is 33.4 Å². The predicted octanol–water partition coefficient (Wildman–Crippen LogP) is 1.84. The predicted molar refractivity (Wildman–Crippen MR) is 73.2 cm³/mol. The summed E-state index contributed by atoms with van der Waals surface area (Å²) in [6.45, 7) is 5.98. The molecule has 5 heteroatoms. The summed E-state index contributed by atoms with van der Waals surface area (Å²) in [7, 11) is 0. The van der Waals surface area contributed by atoms with Gasteiger partial charge < -0.3 is 10.4 Å². The average molecular weight is 265 g/mol. The summed E-state index contributed by atoms with van der Waals surface area (Å²) in [4.78, 5) is 12.2. The van der Waals surface area contributed by atoms with Crippen LogP contribution in [0.3, 0.4) is 0 Å². The van der Waals surface area contributed by atoms with Crippen LogP contribution in [0.25, 0.3) is 0 Å². The van der Waals surface area contributed by atoms with E-state index in [0.29, 0.717) is 17.5 Å². The molecule has 1 fully saturated rings. The van der Waals surface area contributed by atoms with E-state index in [1.807, 2.05) is 4.68 Å². The highest BCUT2D eigenvalue weighted by Gasteiger charge is 2.33. The van der Waals surface area contributed by atoms with Gasteiger partial charge in [0.05, 0.1) is 24.1 Å².